The van der Waals surface area contributed by atoms with Crippen molar-refractivity contribution in [3.63, 3.8) is 0 Å². The summed E-state index contributed by atoms with van der Waals surface area (Å²) < 4.78 is 51.0. The molecule has 84 valence electrons. The first kappa shape index (κ1) is 11.8. The van der Waals surface area contributed by atoms with E-state index in [1.165, 1.54) is 0 Å². The molecule has 0 heterocycles. The first-order valence-corrected chi connectivity index (χ1v) is 4.82. The monoisotopic (exact) mass is 213 g/mol. The lowest BCUT2D eigenvalue weighted by molar-refractivity contribution is -0.214. The zero-order valence-corrected chi connectivity index (χ0v) is 7.91. The summed E-state index contributed by atoms with van der Waals surface area (Å²) in [6.07, 6.45) is -1.41. The molecular weight excluding hydrogens is 198 g/mol. The summed E-state index contributed by atoms with van der Waals surface area (Å²) in [4.78, 5) is 0. The van der Waals surface area contributed by atoms with Crippen LogP contribution in [0.2, 0.25) is 0 Å². The lowest BCUT2D eigenvalue weighted by Gasteiger charge is -2.41. The van der Waals surface area contributed by atoms with Crippen LogP contribution in [0.25, 0.3) is 0 Å². The van der Waals surface area contributed by atoms with E-state index in [2.05, 4.69) is 0 Å². The highest BCUT2D eigenvalue weighted by molar-refractivity contribution is 4.96. The van der Waals surface area contributed by atoms with Gasteiger partial charge in [0.1, 0.15) is 0 Å². The quantitative estimate of drug-likeness (QED) is 0.717. The van der Waals surface area contributed by atoms with E-state index in [1.54, 1.807) is 0 Å². The molecule has 14 heavy (non-hydrogen) atoms. The van der Waals surface area contributed by atoms with Crippen LogP contribution >= 0.6 is 0 Å². The third-order valence-corrected chi connectivity index (χ3v) is 3.18. The molecule has 0 aliphatic heterocycles. The topological polar surface area (TPSA) is 26.0 Å². The van der Waals surface area contributed by atoms with E-state index in [9.17, 15) is 17.6 Å². The summed E-state index contributed by atoms with van der Waals surface area (Å²) in [5, 5.41) is 0. The Hall–Kier alpha value is -0.320. The lowest BCUT2D eigenvalue weighted by atomic mass is 9.69. The van der Waals surface area contributed by atoms with Gasteiger partial charge < -0.3 is 5.73 Å². The van der Waals surface area contributed by atoms with E-state index >= 15 is 0 Å². The largest absolute Gasteiger partial charge is 0.330 e. The van der Waals surface area contributed by atoms with Gasteiger partial charge in [-0.15, -0.1) is 0 Å². The molecule has 1 fully saturated rings. The Morgan fingerprint density at radius 2 is 1.64 bits per heavy atom. The Labute approximate surface area is 80.7 Å². The van der Waals surface area contributed by atoms with Crippen LogP contribution in [0.1, 0.15) is 32.1 Å². The maximum atomic E-state index is 13.3. The molecule has 0 amide bonds. The van der Waals surface area contributed by atoms with Crippen molar-refractivity contribution in [2.75, 3.05) is 6.54 Å². The average Bonchev–Trinajstić information content (AvgIpc) is 2.18. The number of nitrogens with two attached hydrogens (primary N) is 1. The van der Waals surface area contributed by atoms with Crippen molar-refractivity contribution in [1.29, 1.82) is 0 Å². The highest BCUT2D eigenvalue weighted by Crippen LogP contribution is 2.49. The van der Waals surface area contributed by atoms with E-state index in [0.29, 0.717) is 12.8 Å². The molecule has 1 nitrogen and oxygen atoms in total. The van der Waals surface area contributed by atoms with Crippen LogP contribution in [0.5, 0.6) is 0 Å². The maximum absolute atomic E-state index is 13.3. The standard InChI is InChI=1S/C9H15F4N/c10-7(11)9(12,13)8(6-14)4-2-1-3-5-8/h7H,1-6,14H2. The van der Waals surface area contributed by atoms with Gasteiger partial charge >= 0.3 is 12.3 Å². The lowest BCUT2D eigenvalue weighted by Crippen LogP contribution is -2.52. The van der Waals surface area contributed by atoms with Crippen LogP contribution in [0.4, 0.5) is 17.6 Å². The van der Waals surface area contributed by atoms with Gasteiger partial charge in [0.15, 0.2) is 0 Å². The van der Waals surface area contributed by atoms with Crippen molar-refractivity contribution < 1.29 is 17.6 Å². The summed E-state index contributed by atoms with van der Waals surface area (Å²) in [6.45, 7) is -0.357. The Morgan fingerprint density at radius 3 is 2.00 bits per heavy atom. The van der Waals surface area contributed by atoms with E-state index in [-0.39, 0.29) is 19.4 Å². The SMILES string of the molecule is NCC1(C(F)(F)C(F)F)CCCCC1. The van der Waals surface area contributed by atoms with Crippen molar-refractivity contribution in [1.82, 2.24) is 0 Å². The Morgan fingerprint density at radius 1 is 1.14 bits per heavy atom. The number of hydrogen-bond acceptors (Lipinski definition) is 1. The first-order chi connectivity index (χ1) is 6.46. The number of hydrogen-bond donors (Lipinski definition) is 1. The van der Waals surface area contributed by atoms with Crippen LogP contribution < -0.4 is 5.73 Å². The summed E-state index contributed by atoms with van der Waals surface area (Å²) in [6, 6.07) is 0. The number of halogens is 4. The molecule has 2 N–H and O–H groups in total. The molecule has 0 saturated heterocycles. The predicted molar refractivity (Wildman–Crippen MR) is 45.5 cm³/mol. The van der Waals surface area contributed by atoms with Crippen LogP contribution in [0, 0.1) is 5.41 Å². The molecular formula is C9H15F4N. The van der Waals surface area contributed by atoms with Gasteiger partial charge in [0.25, 0.3) is 0 Å². The second-order valence-electron chi connectivity index (χ2n) is 3.97. The fraction of sp³-hybridized carbons (Fsp3) is 1.00. The third-order valence-electron chi connectivity index (χ3n) is 3.18. The normalized spacial score (nSPS) is 22.7. The molecule has 0 aromatic heterocycles. The van der Waals surface area contributed by atoms with Crippen LogP contribution in [-0.4, -0.2) is 18.9 Å². The van der Waals surface area contributed by atoms with Crippen molar-refractivity contribution in [3.8, 4) is 0 Å². The minimum Gasteiger partial charge on any atom is -0.330 e. The predicted octanol–water partition coefficient (Wildman–Crippen LogP) is 2.80. The van der Waals surface area contributed by atoms with Gasteiger partial charge in [0.2, 0.25) is 0 Å². The van der Waals surface area contributed by atoms with Gasteiger partial charge in [-0.2, -0.15) is 8.78 Å². The van der Waals surface area contributed by atoms with Crippen molar-refractivity contribution in [3.05, 3.63) is 0 Å². The summed E-state index contributed by atoms with van der Waals surface area (Å²) in [5.41, 5.74) is 3.58. The summed E-state index contributed by atoms with van der Waals surface area (Å²) in [7, 11) is 0. The second-order valence-corrected chi connectivity index (χ2v) is 3.97. The highest BCUT2D eigenvalue weighted by atomic mass is 19.3. The van der Waals surface area contributed by atoms with Crippen LogP contribution in [-0.2, 0) is 0 Å². The molecule has 0 spiro atoms. The van der Waals surface area contributed by atoms with Gasteiger partial charge in [-0.05, 0) is 12.8 Å². The molecule has 0 unspecified atom stereocenters. The Balaban J connectivity index is 2.86. The molecule has 5 heteroatoms. The second kappa shape index (κ2) is 4.04. The molecule has 1 rings (SSSR count). The van der Waals surface area contributed by atoms with E-state index in [0.717, 1.165) is 6.42 Å². The van der Waals surface area contributed by atoms with Crippen LogP contribution in [0.3, 0.4) is 0 Å². The highest BCUT2D eigenvalue weighted by Gasteiger charge is 2.58. The smallest absolute Gasteiger partial charge is 0.314 e. The molecule has 1 saturated carbocycles. The summed E-state index contributed by atoms with van der Waals surface area (Å²) in [5.74, 6) is -3.94. The fourth-order valence-corrected chi connectivity index (χ4v) is 2.13. The van der Waals surface area contributed by atoms with Gasteiger partial charge in [-0.1, -0.05) is 19.3 Å². The fourth-order valence-electron chi connectivity index (χ4n) is 2.13. The molecule has 0 radical (unpaired) electrons. The molecule has 0 aromatic rings. The van der Waals surface area contributed by atoms with Crippen molar-refractivity contribution in [2.24, 2.45) is 11.1 Å². The van der Waals surface area contributed by atoms with E-state index in [4.69, 9.17) is 5.73 Å². The van der Waals surface area contributed by atoms with Crippen LogP contribution in [0.15, 0.2) is 0 Å². The summed E-state index contributed by atoms with van der Waals surface area (Å²) >= 11 is 0. The molecule has 1 aliphatic rings. The average molecular weight is 213 g/mol. The van der Waals surface area contributed by atoms with Crippen molar-refractivity contribution in [2.45, 2.75) is 44.5 Å². The van der Waals surface area contributed by atoms with Gasteiger partial charge in [-0.25, -0.2) is 8.78 Å². The molecule has 0 bridgehead atoms. The van der Waals surface area contributed by atoms with Gasteiger partial charge in [0.05, 0.1) is 5.41 Å². The molecule has 1 aliphatic carbocycles. The third kappa shape index (κ3) is 1.74. The minimum atomic E-state index is -3.94. The minimum absolute atomic E-state index is 0.112. The number of alkyl halides is 4. The zero-order valence-electron chi connectivity index (χ0n) is 7.91. The first-order valence-electron chi connectivity index (χ1n) is 4.82. The van der Waals surface area contributed by atoms with E-state index in [1.807, 2.05) is 0 Å². The maximum Gasteiger partial charge on any atom is 0.314 e. The Bertz CT molecular complexity index is 187. The zero-order chi connectivity index (χ0) is 10.8. The van der Waals surface area contributed by atoms with Gasteiger partial charge in [-0.3, -0.25) is 0 Å². The number of rotatable bonds is 3. The van der Waals surface area contributed by atoms with Gasteiger partial charge in [0, 0.05) is 6.54 Å². The van der Waals surface area contributed by atoms with Crippen molar-refractivity contribution >= 4 is 0 Å². The van der Waals surface area contributed by atoms with E-state index < -0.39 is 17.8 Å². The molecule has 0 aromatic carbocycles. The Kier molecular flexibility index (Phi) is 3.40. The molecule has 0 atom stereocenters.